The zero-order valence-electron chi connectivity index (χ0n) is 14.6. The minimum Gasteiger partial charge on any atom is -0.870 e. The number of para-hydroxylation sites is 1. The predicted octanol–water partition coefficient (Wildman–Crippen LogP) is 0.926. The molecular weight excluding hydrogens is 351 g/mol. The topological polar surface area (TPSA) is 86.7 Å². The van der Waals surface area contributed by atoms with E-state index in [1.54, 1.807) is 6.07 Å². The van der Waals surface area contributed by atoms with Gasteiger partial charge in [-0.1, -0.05) is 50.1 Å². The summed E-state index contributed by atoms with van der Waals surface area (Å²) in [6, 6.07) is 10.7. The fourth-order valence-corrected chi connectivity index (χ4v) is 2.90. The van der Waals surface area contributed by atoms with Crippen molar-refractivity contribution in [2.24, 2.45) is 0 Å². The number of benzene rings is 2. The van der Waals surface area contributed by atoms with Gasteiger partial charge in [-0.3, -0.25) is 4.55 Å². The Morgan fingerprint density at radius 2 is 1.76 bits per heavy atom. The van der Waals surface area contributed by atoms with Crippen LogP contribution < -0.4 is 39.4 Å². The molecule has 0 heterocycles. The van der Waals surface area contributed by atoms with Crippen LogP contribution in [0.4, 0.5) is 0 Å². The fraction of sp³-hybridized carbons (Fsp3) is 0.333. The van der Waals surface area contributed by atoms with Gasteiger partial charge < -0.3 is 9.84 Å². The Labute approximate surface area is 171 Å². The van der Waals surface area contributed by atoms with E-state index < -0.39 is 20.8 Å². The zero-order chi connectivity index (χ0) is 17.6. The first-order valence-electron chi connectivity index (χ1n) is 7.96. The Hall–Kier alpha value is -1.05. The van der Waals surface area contributed by atoms with Gasteiger partial charge in [-0.2, -0.15) is 8.42 Å². The van der Waals surface area contributed by atoms with Crippen molar-refractivity contribution in [3.05, 3.63) is 48.0 Å². The smallest absolute Gasteiger partial charge is 0.870 e. The molecule has 0 bridgehead atoms. The summed E-state index contributed by atoms with van der Waals surface area (Å²) in [6.45, 7) is 2.16. The minimum absolute atomic E-state index is 0. The number of hydrogen-bond acceptors (Lipinski definition) is 4. The molecule has 2 rings (SSSR count). The van der Waals surface area contributed by atoms with Gasteiger partial charge in [-0.15, -0.1) is 0 Å². The minimum atomic E-state index is -4.40. The van der Waals surface area contributed by atoms with E-state index in [1.807, 2.05) is 18.2 Å². The monoisotopic (exact) mass is 372 g/mol. The molecule has 0 saturated carbocycles. The Bertz CT molecular complexity index is 790. The Morgan fingerprint density at radius 3 is 2.40 bits per heavy atom. The van der Waals surface area contributed by atoms with E-state index in [4.69, 9.17) is 9.29 Å². The Balaban J connectivity index is 0.00000312. The van der Waals surface area contributed by atoms with Crippen LogP contribution in [0.15, 0.2) is 47.4 Å². The predicted molar refractivity (Wildman–Crippen MR) is 90.1 cm³/mol. The first-order valence-corrected chi connectivity index (χ1v) is 9.40. The molecule has 0 fully saturated rings. The molecule has 130 valence electrons. The molecule has 1 N–H and O–H groups in total. The quantitative estimate of drug-likeness (QED) is 0.423. The van der Waals surface area contributed by atoms with Crippen LogP contribution in [0.25, 0.3) is 0 Å². The molecule has 0 spiro atoms. The van der Waals surface area contributed by atoms with Gasteiger partial charge in [0.1, 0.15) is 11.5 Å². The van der Waals surface area contributed by atoms with Crippen LogP contribution in [0.3, 0.4) is 0 Å². The van der Waals surface area contributed by atoms with Crippen molar-refractivity contribution in [3.63, 3.8) is 0 Å². The fourth-order valence-electron chi connectivity index (χ4n) is 2.40. The zero-order valence-corrected chi connectivity index (χ0v) is 17.4. The summed E-state index contributed by atoms with van der Waals surface area (Å²) in [5.41, 5.74) is 1.01. The first-order chi connectivity index (χ1) is 11.4. The van der Waals surface area contributed by atoms with Crippen molar-refractivity contribution in [1.82, 2.24) is 0 Å². The standard InChI is InChI=1S/C18H22O5S.Na/c1-2-3-4-5-8-14-9-6-7-10-17(14)23-18-12-11-15(13-16(18)19)24(20,21)22;/h6-7,9-13,19H,2-5,8H2,1H3,(H,20,21,22);/q;+1/p-1. The molecule has 0 radical (unpaired) electrons. The second-order valence-electron chi connectivity index (χ2n) is 5.60. The summed E-state index contributed by atoms with van der Waals surface area (Å²) in [5, 5.41) is 12.0. The van der Waals surface area contributed by atoms with Crippen molar-refractivity contribution in [2.45, 2.75) is 43.9 Å². The van der Waals surface area contributed by atoms with Gasteiger partial charge in [0, 0.05) is 0 Å². The van der Waals surface area contributed by atoms with Gasteiger partial charge in [0.2, 0.25) is 0 Å². The summed E-state index contributed by atoms with van der Waals surface area (Å²) in [5.74, 6) is 0.0278. The molecule has 5 nitrogen and oxygen atoms in total. The van der Waals surface area contributed by atoms with Gasteiger partial charge in [0.25, 0.3) is 10.1 Å². The van der Waals surface area contributed by atoms with Crippen LogP contribution in [-0.2, 0) is 16.5 Å². The number of rotatable bonds is 8. The third-order valence-electron chi connectivity index (χ3n) is 3.71. The van der Waals surface area contributed by atoms with Crippen molar-refractivity contribution >= 4 is 10.1 Å². The molecular formula is C18H21NaO5S. The van der Waals surface area contributed by atoms with Gasteiger partial charge in [-0.05, 0) is 42.7 Å². The first kappa shape index (κ1) is 22.0. The molecule has 0 amide bonds. The number of unbranched alkanes of at least 4 members (excludes halogenated alkanes) is 3. The van der Waals surface area contributed by atoms with Crippen LogP contribution >= 0.6 is 0 Å². The van der Waals surface area contributed by atoms with Crippen molar-refractivity contribution in [1.29, 1.82) is 0 Å². The van der Waals surface area contributed by atoms with Gasteiger partial charge in [0.15, 0.2) is 0 Å². The summed E-state index contributed by atoms with van der Waals surface area (Å²) in [7, 11) is -4.40. The molecule has 0 aliphatic carbocycles. The molecule has 25 heavy (non-hydrogen) atoms. The average molecular weight is 372 g/mol. The van der Waals surface area contributed by atoms with E-state index in [2.05, 4.69) is 6.92 Å². The largest absolute Gasteiger partial charge is 1.00 e. The van der Waals surface area contributed by atoms with E-state index in [1.165, 1.54) is 12.5 Å². The summed E-state index contributed by atoms with van der Waals surface area (Å²) >= 11 is 0. The molecule has 0 aliphatic heterocycles. The molecule has 2 aromatic carbocycles. The molecule has 0 aromatic heterocycles. The third-order valence-corrected chi connectivity index (χ3v) is 4.55. The van der Waals surface area contributed by atoms with E-state index in [0.717, 1.165) is 43.4 Å². The maximum absolute atomic E-state index is 12.0. The van der Waals surface area contributed by atoms with Crippen molar-refractivity contribution < 1.29 is 52.4 Å². The molecule has 0 unspecified atom stereocenters. The number of hydrogen-bond donors (Lipinski definition) is 1. The number of aryl methyl sites for hydroxylation is 1. The molecule has 7 heteroatoms. The van der Waals surface area contributed by atoms with Crippen LogP contribution in [0.5, 0.6) is 17.2 Å². The van der Waals surface area contributed by atoms with Crippen molar-refractivity contribution in [3.8, 4) is 17.2 Å². The second-order valence-corrected chi connectivity index (χ2v) is 7.03. The van der Waals surface area contributed by atoms with Crippen LogP contribution in [-0.4, -0.2) is 13.0 Å². The van der Waals surface area contributed by atoms with Crippen LogP contribution in [0.2, 0.25) is 0 Å². The summed E-state index contributed by atoms with van der Waals surface area (Å²) in [6.07, 6.45) is 5.39. The Morgan fingerprint density at radius 1 is 1.04 bits per heavy atom. The third kappa shape index (κ3) is 6.64. The molecule has 0 saturated heterocycles. The maximum atomic E-state index is 12.0. The summed E-state index contributed by atoms with van der Waals surface area (Å²) in [4.78, 5) is -0.437. The van der Waals surface area contributed by atoms with Gasteiger partial charge in [0.05, 0.1) is 4.90 Å². The SMILES string of the molecule is CCCCCCc1ccccc1Oc1ccc(S(=O)(=O)O)cc1[O-].[Na+]. The average Bonchev–Trinajstić information content (AvgIpc) is 2.54. The second kappa shape index (κ2) is 10.2. The number of ether oxygens (including phenoxy) is 1. The normalized spacial score (nSPS) is 11.0. The summed E-state index contributed by atoms with van der Waals surface area (Å²) < 4.78 is 36.8. The van der Waals surface area contributed by atoms with Crippen molar-refractivity contribution in [2.75, 3.05) is 0 Å². The van der Waals surface area contributed by atoms with Gasteiger partial charge in [-0.25, -0.2) is 0 Å². The van der Waals surface area contributed by atoms with E-state index in [0.29, 0.717) is 5.75 Å². The van der Waals surface area contributed by atoms with E-state index >= 15 is 0 Å². The van der Waals surface area contributed by atoms with E-state index in [-0.39, 0.29) is 35.3 Å². The van der Waals surface area contributed by atoms with Crippen LogP contribution in [0, 0.1) is 0 Å². The maximum Gasteiger partial charge on any atom is 1.00 e. The molecule has 2 aromatic rings. The van der Waals surface area contributed by atoms with Crippen LogP contribution in [0.1, 0.15) is 38.2 Å². The molecule has 0 atom stereocenters. The van der Waals surface area contributed by atoms with E-state index in [9.17, 15) is 13.5 Å². The molecule has 0 aliphatic rings. The van der Waals surface area contributed by atoms with Gasteiger partial charge >= 0.3 is 29.6 Å². The Kier molecular flexibility index (Phi) is 8.96.